The van der Waals surface area contributed by atoms with Crippen molar-refractivity contribution >= 4 is 17.8 Å². The van der Waals surface area contributed by atoms with E-state index in [2.05, 4.69) is 0 Å². The van der Waals surface area contributed by atoms with E-state index in [9.17, 15) is 14.4 Å². The van der Waals surface area contributed by atoms with Gasteiger partial charge in [0.15, 0.2) is 0 Å². The number of likely N-dealkylation sites (N-methyl/N-ethyl adjacent to an activating group) is 1. The molecular formula is C13H14N2O4. The second-order valence-corrected chi connectivity index (χ2v) is 4.27. The zero-order valence-corrected chi connectivity index (χ0v) is 10.8. The Morgan fingerprint density at radius 2 is 1.89 bits per heavy atom. The summed E-state index contributed by atoms with van der Waals surface area (Å²) in [6.07, 6.45) is 0. The SMILES string of the molecule is Cc1cccc(OCCN2C(=O)C(=O)N(C)C2=O)c1. The molecule has 0 saturated carbocycles. The molecule has 1 aliphatic heterocycles. The maximum Gasteiger partial charge on any atom is 0.334 e. The van der Waals surface area contributed by atoms with Gasteiger partial charge in [-0.1, -0.05) is 12.1 Å². The predicted molar refractivity (Wildman–Crippen MR) is 66.6 cm³/mol. The predicted octanol–water partition coefficient (Wildman–Crippen LogP) is 0.794. The summed E-state index contributed by atoms with van der Waals surface area (Å²) in [5, 5.41) is 0. The third-order valence-electron chi connectivity index (χ3n) is 2.82. The molecule has 1 aromatic carbocycles. The molecule has 0 atom stereocenters. The van der Waals surface area contributed by atoms with E-state index in [1.54, 1.807) is 6.07 Å². The van der Waals surface area contributed by atoms with Crippen molar-refractivity contribution in [2.45, 2.75) is 6.92 Å². The Morgan fingerprint density at radius 3 is 2.47 bits per heavy atom. The average Bonchev–Trinajstić information content (AvgIpc) is 2.56. The molecule has 0 aromatic heterocycles. The summed E-state index contributed by atoms with van der Waals surface area (Å²) in [4.78, 5) is 36.0. The monoisotopic (exact) mass is 262 g/mol. The molecule has 0 bridgehead atoms. The number of ether oxygens (including phenoxy) is 1. The van der Waals surface area contributed by atoms with Gasteiger partial charge in [0.2, 0.25) is 0 Å². The van der Waals surface area contributed by atoms with Crippen molar-refractivity contribution in [2.75, 3.05) is 20.2 Å². The van der Waals surface area contributed by atoms with Gasteiger partial charge in [-0.3, -0.25) is 19.4 Å². The number of urea groups is 1. The van der Waals surface area contributed by atoms with Gasteiger partial charge in [0, 0.05) is 7.05 Å². The Morgan fingerprint density at radius 1 is 1.16 bits per heavy atom. The highest BCUT2D eigenvalue weighted by molar-refractivity contribution is 6.44. The molecule has 0 radical (unpaired) electrons. The normalized spacial score (nSPS) is 15.4. The van der Waals surface area contributed by atoms with Crippen LogP contribution in [-0.2, 0) is 9.59 Å². The van der Waals surface area contributed by atoms with Gasteiger partial charge in [-0.2, -0.15) is 0 Å². The van der Waals surface area contributed by atoms with Crippen molar-refractivity contribution in [1.29, 1.82) is 0 Å². The zero-order valence-electron chi connectivity index (χ0n) is 10.8. The van der Waals surface area contributed by atoms with Crippen molar-refractivity contribution in [1.82, 2.24) is 9.80 Å². The maximum atomic E-state index is 11.6. The van der Waals surface area contributed by atoms with Crippen LogP contribution >= 0.6 is 0 Å². The number of imide groups is 2. The number of carbonyl (C=O) groups is 3. The number of aryl methyl sites for hydroxylation is 1. The lowest BCUT2D eigenvalue weighted by atomic mass is 10.2. The molecule has 1 saturated heterocycles. The molecule has 0 spiro atoms. The fourth-order valence-electron chi connectivity index (χ4n) is 1.77. The van der Waals surface area contributed by atoms with Gasteiger partial charge in [0.05, 0.1) is 6.54 Å². The van der Waals surface area contributed by atoms with Crippen LogP contribution in [0.1, 0.15) is 5.56 Å². The molecule has 1 aromatic rings. The molecule has 1 heterocycles. The summed E-state index contributed by atoms with van der Waals surface area (Å²) in [6, 6.07) is 6.83. The zero-order chi connectivity index (χ0) is 14.0. The molecule has 2 rings (SSSR count). The smallest absolute Gasteiger partial charge is 0.334 e. The van der Waals surface area contributed by atoms with Crippen LogP contribution in [0, 0.1) is 6.92 Å². The van der Waals surface area contributed by atoms with Crippen LogP contribution in [0.25, 0.3) is 0 Å². The average molecular weight is 262 g/mol. The first kappa shape index (κ1) is 13.1. The lowest BCUT2D eigenvalue weighted by Crippen LogP contribution is -2.35. The van der Waals surface area contributed by atoms with Gasteiger partial charge in [-0.25, -0.2) is 4.79 Å². The first-order chi connectivity index (χ1) is 9.00. The third kappa shape index (κ3) is 2.57. The van der Waals surface area contributed by atoms with Gasteiger partial charge in [0.1, 0.15) is 12.4 Å². The second-order valence-electron chi connectivity index (χ2n) is 4.27. The largest absolute Gasteiger partial charge is 0.492 e. The molecule has 0 aliphatic carbocycles. The molecule has 19 heavy (non-hydrogen) atoms. The van der Waals surface area contributed by atoms with E-state index in [-0.39, 0.29) is 13.2 Å². The van der Waals surface area contributed by atoms with Crippen molar-refractivity contribution in [3.05, 3.63) is 29.8 Å². The van der Waals surface area contributed by atoms with E-state index < -0.39 is 17.8 Å². The number of amides is 4. The Hall–Kier alpha value is -2.37. The highest BCUT2D eigenvalue weighted by Gasteiger charge is 2.41. The summed E-state index contributed by atoms with van der Waals surface area (Å²) in [6.45, 7) is 2.15. The summed E-state index contributed by atoms with van der Waals surface area (Å²) >= 11 is 0. The number of benzene rings is 1. The van der Waals surface area contributed by atoms with E-state index in [0.29, 0.717) is 5.75 Å². The van der Waals surface area contributed by atoms with Crippen LogP contribution in [0.5, 0.6) is 5.75 Å². The second kappa shape index (κ2) is 5.09. The highest BCUT2D eigenvalue weighted by Crippen LogP contribution is 2.13. The number of carbonyl (C=O) groups excluding carboxylic acids is 3. The fourth-order valence-corrected chi connectivity index (χ4v) is 1.77. The Kier molecular flexibility index (Phi) is 3.50. The van der Waals surface area contributed by atoms with E-state index in [1.807, 2.05) is 25.1 Å². The van der Waals surface area contributed by atoms with Crippen molar-refractivity contribution < 1.29 is 19.1 Å². The standard InChI is InChI=1S/C13H14N2O4/c1-9-4-3-5-10(8-9)19-7-6-15-12(17)11(16)14(2)13(15)18/h3-5,8H,6-7H2,1-2H3. The van der Waals surface area contributed by atoms with Gasteiger partial charge < -0.3 is 4.74 Å². The molecule has 6 nitrogen and oxygen atoms in total. The Labute approximate surface area is 110 Å². The summed E-state index contributed by atoms with van der Waals surface area (Å²) in [7, 11) is 1.28. The highest BCUT2D eigenvalue weighted by atomic mass is 16.5. The number of hydrogen-bond acceptors (Lipinski definition) is 4. The summed E-state index contributed by atoms with van der Waals surface area (Å²) < 4.78 is 5.44. The van der Waals surface area contributed by atoms with Crippen LogP contribution in [-0.4, -0.2) is 47.8 Å². The maximum absolute atomic E-state index is 11.6. The molecule has 6 heteroatoms. The van der Waals surface area contributed by atoms with Crippen molar-refractivity contribution in [2.24, 2.45) is 0 Å². The van der Waals surface area contributed by atoms with Crippen molar-refractivity contribution in [3.63, 3.8) is 0 Å². The Balaban J connectivity index is 1.91. The molecule has 1 aliphatic rings. The number of nitrogens with zero attached hydrogens (tertiary/aromatic N) is 2. The molecule has 4 amide bonds. The lowest BCUT2D eigenvalue weighted by Gasteiger charge is -2.13. The molecular weight excluding hydrogens is 248 g/mol. The molecule has 0 unspecified atom stereocenters. The van der Waals surface area contributed by atoms with Gasteiger partial charge in [-0.15, -0.1) is 0 Å². The fraction of sp³-hybridized carbons (Fsp3) is 0.308. The van der Waals surface area contributed by atoms with E-state index in [0.717, 1.165) is 15.4 Å². The molecule has 100 valence electrons. The van der Waals surface area contributed by atoms with E-state index >= 15 is 0 Å². The van der Waals surface area contributed by atoms with Gasteiger partial charge in [0.25, 0.3) is 0 Å². The van der Waals surface area contributed by atoms with Gasteiger partial charge in [-0.05, 0) is 24.6 Å². The summed E-state index contributed by atoms with van der Waals surface area (Å²) in [5.74, 6) is -0.945. The minimum Gasteiger partial charge on any atom is -0.492 e. The Bertz CT molecular complexity index is 541. The quantitative estimate of drug-likeness (QED) is 0.594. The van der Waals surface area contributed by atoms with Crippen LogP contribution in [0.3, 0.4) is 0 Å². The lowest BCUT2D eigenvalue weighted by molar-refractivity contribution is -0.142. The van der Waals surface area contributed by atoms with Crippen LogP contribution in [0.4, 0.5) is 4.79 Å². The number of rotatable bonds is 4. The minimum absolute atomic E-state index is 0.0572. The minimum atomic E-state index is -0.805. The first-order valence-electron chi connectivity index (χ1n) is 5.83. The number of hydrogen-bond donors (Lipinski definition) is 0. The van der Waals surface area contributed by atoms with E-state index in [4.69, 9.17) is 4.74 Å². The van der Waals surface area contributed by atoms with Crippen molar-refractivity contribution in [3.8, 4) is 5.75 Å². The topological polar surface area (TPSA) is 66.9 Å². The van der Waals surface area contributed by atoms with E-state index in [1.165, 1.54) is 7.05 Å². The summed E-state index contributed by atoms with van der Waals surface area (Å²) in [5.41, 5.74) is 1.06. The third-order valence-corrected chi connectivity index (χ3v) is 2.82. The molecule has 1 fully saturated rings. The van der Waals surface area contributed by atoms with Crippen LogP contribution in [0.2, 0.25) is 0 Å². The first-order valence-corrected chi connectivity index (χ1v) is 5.83. The van der Waals surface area contributed by atoms with Gasteiger partial charge >= 0.3 is 17.8 Å². The van der Waals surface area contributed by atoms with Crippen LogP contribution < -0.4 is 4.74 Å². The molecule has 0 N–H and O–H groups in total. The van der Waals surface area contributed by atoms with Crippen LogP contribution in [0.15, 0.2) is 24.3 Å².